The van der Waals surface area contributed by atoms with E-state index in [-0.39, 0.29) is 11.8 Å². The molecule has 0 atom stereocenters. The maximum atomic E-state index is 11.0. The van der Waals surface area contributed by atoms with E-state index in [1.165, 1.54) is 12.2 Å². The first kappa shape index (κ1) is 8.28. The average Bonchev–Trinajstić information content (AvgIpc) is 2.25. The molecule has 3 heteroatoms. The van der Waals surface area contributed by atoms with Crippen LogP contribution in [0.3, 0.4) is 0 Å². The molecular formula is C9H7NO2. The molecule has 0 saturated heterocycles. The summed E-state index contributed by atoms with van der Waals surface area (Å²) in [6.45, 7) is 1.58. The predicted octanol–water partition coefficient (Wildman–Crippen LogP) is 0.149. The quantitative estimate of drug-likeness (QED) is 0.439. The van der Waals surface area contributed by atoms with Gasteiger partial charge in [-0.3, -0.25) is 14.9 Å². The summed E-state index contributed by atoms with van der Waals surface area (Å²) in [6, 6.07) is 0. The van der Waals surface area contributed by atoms with Crippen molar-refractivity contribution in [3.8, 4) is 12.3 Å². The fourth-order valence-electron chi connectivity index (χ4n) is 0.889. The second kappa shape index (κ2) is 3.05. The Labute approximate surface area is 70.1 Å². The van der Waals surface area contributed by atoms with Crippen molar-refractivity contribution in [2.75, 3.05) is 0 Å². The van der Waals surface area contributed by atoms with Gasteiger partial charge in [-0.2, -0.15) is 0 Å². The summed E-state index contributed by atoms with van der Waals surface area (Å²) in [4.78, 5) is 21.9. The van der Waals surface area contributed by atoms with Gasteiger partial charge in [0.2, 0.25) is 0 Å². The smallest absolute Gasteiger partial charge is 0.258 e. The van der Waals surface area contributed by atoms with Gasteiger partial charge in [0, 0.05) is 11.1 Å². The lowest BCUT2D eigenvalue weighted by molar-refractivity contribution is -0.124. The molecule has 60 valence electrons. The number of nitrogens with one attached hydrogen (secondary N) is 1. The van der Waals surface area contributed by atoms with Crippen molar-refractivity contribution in [3.63, 3.8) is 0 Å². The van der Waals surface area contributed by atoms with Crippen LogP contribution in [0.1, 0.15) is 6.92 Å². The molecule has 2 amide bonds. The summed E-state index contributed by atoms with van der Waals surface area (Å²) in [5.74, 6) is 1.51. The van der Waals surface area contributed by atoms with Gasteiger partial charge in [0.05, 0.1) is 0 Å². The normalized spacial score (nSPS) is 17.0. The lowest BCUT2D eigenvalue weighted by Gasteiger charge is -1.87. The highest BCUT2D eigenvalue weighted by Gasteiger charge is 2.24. The highest BCUT2D eigenvalue weighted by atomic mass is 16.2. The Bertz CT molecular complexity index is 342. The minimum absolute atomic E-state index is 0.345. The van der Waals surface area contributed by atoms with E-state index in [1.54, 1.807) is 6.92 Å². The topological polar surface area (TPSA) is 46.2 Å². The van der Waals surface area contributed by atoms with Crippen LogP contribution >= 0.6 is 0 Å². The van der Waals surface area contributed by atoms with Crippen LogP contribution in [0.5, 0.6) is 0 Å². The van der Waals surface area contributed by atoms with E-state index in [4.69, 9.17) is 6.42 Å². The molecule has 0 bridgehead atoms. The zero-order valence-corrected chi connectivity index (χ0v) is 6.55. The minimum atomic E-state index is -0.385. The lowest BCUT2D eigenvalue weighted by Crippen LogP contribution is -2.22. The van der Waals surface area contributed by atoms with E-state index in [0.29, 0.717) is 11.1 Å². The summed E-state index contributed by atoms with van der Waals surface area (Å²) >= 11 is 0. The summed E-state index contributed by atoms with van der Waals surface area (Å²) in [7, 11) is 0. The molecule has 0 fully saturated rings. The molecular weight excluding hydrogens is 154 g/mol. The van der Waals surface area contributed by atoms with Gasteiger partial charge in [0.1, 0.15) is 0 Å². The van der Waals surface area contributed by atoms with Gasteiger partial charge in [0.15, 0.2) is 0 Å². The minimum Gasteiger partial charge on any atom is -0.288 e. The number of rotatable bonds is 1. The molecule has 0 unspecified atom stereocenters. The Morgan fingerprint density at radius 3 is 2.50 bits per heavy atom. The highest BCUT2D eigenvalue weighted by Crippen LogP contribution is 2.12. The average molecular weight is 161 g/mol. The third kappa shape index (κ3) is 1.28. The van der Waals surface area contributed by atoms with Crippen molar-refractivity contribution in [2.45, 2.75) is 6.92 Å². The first-order valence-corrected chi connectivity index (χ1v) is 3.36. The monoisotopic (exact) mass is 161 g/mol. The molecule has 0 aromatic rings. The van der Waals surface area contributed by atoms with Crippen LogP contribution in [0.25, 0.3) is 0 Å². The van der Waals surface area contributed by atoms with E-state index in [2.05, 4.69) is 11.2 Å². The molecule has 1 N–H and O–H groups in total. The van der Waals surface area contributed by atoms with Crippen molar-refractivity contribution < 1.29 is 9.59 Å². The molecule has 12 heavy (non-hydrogen) atoms. The fourth-order valence-corrected chi connectivity index (χ4v) is 0.889. The maximum absolute atomic E-state index is 11.0. The Morgan fingerprint density at radius 2 is 2.08 bits per heavy atom. The van der Waals surface area contributed by atoms with Crippen LogP contribution in [-0.4, -0.2) is 11.8 Å². The number of terminal acetylenes is 1. The molecule has 0 aromatic carbocycles. The largest absolute Gasteiger partial charge is 0.288 e. The summed E-state index contributed by atoms with van der Waals surface area (Å²) in [5.41, 5.74) is 0.754. The summed E-state index contributed by atoms with van der Waals surface area (Å²) < 4.78 is 0. The van der Waals surface area contributed by atoms with E-state index in [9.17, 15) is 9.59 Å². The van der Waals surface area contributed by atoms with Gasteiger partial charge in [-0.05, 0) is 19.1 Å². The molecule has 0 saturated carbocycles. The van der Waals surface area contributed by atoms with E-state index in [0.717, 1.165) is 0 Å². The van der Waals surface area contributed by atoms with Gasteiger partial charge in [0.25, 0.3) is 11.8 Å². The highest BCUT2D eigenvalue weighted by molar-refractivity contribution is 6.20. The molecule has 0 aromatic heterocycles. The van der Waals surface area contributed by atoms with Crippen molar-refractivity contribution in [1.82, 2.24) is 5.32 Å². The van der Waals surface area contributed by atoms with Gasteiger partial charge in [-0.25, -0.2) is 0 Å². The van der Waals surface area contributed by atoms with Gasteiger partial charge in [-0.1, -0.05) is 5.92 Å². The van der Waals surface area contributed by atoms with Crippen LogP contribution in [0.15, 0.2) is 23.3 Å². The SMILES string of the molecule is C#C/C=C\C1=C(C)C(=O)NC1=O. The molecule has 1 aliphatic heterocycles. The molecule has 1 heterocycles. The van der Waals surface area contributed by atoms with Gasteiger partial charge in [-0.15, -0.1) is 6.42 Å². The van der Waals surface area contributed by atoms with Crippen LogP contribution in [0, 0.1) is 12.3 Å². The maximum Gasteiger partial charge on any atom is 0.258 e. The third-order valence-electron chi connectivity index (χ3n) is 1.56. The Balaban J connectivity index is 3.03. The van der Waals surface area contributed by atoms with Crippen LogP contribution < -0.4 is 5.32 Å². The second-order valence-corrected chi connectivity index (χ2v) is 2.32. The first-order chi connectivity index (χ1) is 5.66. The fraction of sp³-hybridized carbons (Fsp3) is 0.111. The number of allylic oxidation sites excluding steroid dienone is 1. The van der Waals surface area contributed by atoms with Crippen LogP contribution in [-0.2, 0) is 9.59 Å². The van der Waals surface area contributed by atoms with Gasteiger partial charge >= 0.3 is 0 Å². The molecule has 0 spiro atoms. The third-order valence-corrected chi connectivity index (χ3v) is 1.56. The standard InChI is InChI=1S/C9H7NO2/c1-3-4-5-7-6(2)8(11)10-9(7)12/h1,4-5H,2H3,(H,10,11,12)/b5-4-. The molecule has 0 radical (unpaired) electrons. The molecule has 1 rings (SSSR count). The molecule has 3 nitrogen and oxygen atoms in total. The zero-order chi connectivity index (χ0) is 9.14. The van der Waals surface area contributed by atoms with Gasteiger partial charge < -0.3 is 0 Å². The first-order valence-electron chi connectivity index (χ1n) is 3.36. The number of hydrogen-bond donors (Lipinski definition) is 1. The second-order valence-electron chi connectivity index (χ2n) is 2.32. The zero-order valence-electron chi connectivity index (χ0n) is 6.55. The van der Waals surface area contributed by atoms with Crippen LogP contribution in [0.2, 0.25) is 0 Å². The van der Waals surface area contributed by atoms with E-state index >= 15 is 0 Å². The number of amides is 2. The summed E-state index contributed by atoms with van der Waals surface area (Å²) in [5, 5.41) is 2.15. The van der Waals surface area contributed by atoms with Crippen LogP contribution in [0.4, 0.5) is 0 Å². The predicted molar refractivity (Wildman–Crippen MR) is 43.8 cm³/mol. The molecule has 0 aliphatic carbocycles. The van der Waals surface area contributed by atoms with Crippen molar-refractivity contribution in [1.29, 1.82) is 0 Å². The van der Waals surface area contributed by atoms with Crippen molar-refractivity contribution in [2.24, 2.45) is 0 Å². The number of hydrogen-bond acceptors (Lipinski definition) is 2. The molecule has 1 aliphatic rings. The van der Waals surface area contributed by atoms with E-state index in [1.807, 2.05) is 0 Å². The number of imide groups is 1. The Hall–Kier alpha value is -1.82. The Morgan fingerprint density at radius 1 is 1.42 bits per heavy atom. The summed E-state index contributed by atoms with van der Waals surface area (Å²) in [6.07, 6.45) is 7.80. The van der Waals surface area contributed by atoms with E-state index < -0.39 is 0 Å². The van der Waals surface area contributed by atoms with Crippen molar-refractivity contribution in [3.05, 3.63) is 23.3 Å². The lowest BCUT2D eigenvalue weighted by atomic mass is 10.1. The Kier molecular flexibility index (Phi) is 2.11. The number of carbonyl (C=O) groups excluding carboxylic acids is 2. The number of carbonyl (C=O) groups is 2. The van der Waals surface area contributed by atoms with Crippen molar-refractivity contribution >= 4 is 11.8 Å².